The second-order valence-corrected chi connectivity index (χ2v) is 12.0. The maximum atomic E-state index is 12.5. The molecule has 4 aromatic rings. The Balaban J connectivity index is 0.00000370. The largest absolute Gasteiger partial charge is 1.00 e. The van der Waals surface area contributed by atoms with E-state index in [1.54, 1.807) is 18.5 Å². The zero-order valence-corrected chi connectivity index (χ0v) is 26.9. The summed E-state index contributed by atoms with van der Waals surface area (Å²) < 4.78 is 4.01. The van der Waals surface area contributed by atoms with Crippen molar-refractivity contribution in [2.75, 3.05) is 0 Å². The molecule has 0 saturated heterocycles. The van der Waals surface area contributed by atoms with Gasteiger partial charge in [0, 0.05) is 49.7 Å². The quantitative estimate of drug-likeness (QED) is 0.249. The van der Waals surface area contributed by atoms with Gasteiger partial charge in [0.15, 0.2) is 0 Å². The molecule has 0 radical (unpaired) electrons. The van der Waals surface area contributed by atoms with Crippen LogP contribution in [0.25, 0.3) is 11.0 Å². The number of aliphatic carboxylic acids is 1. The van der Waals surface area contributed by atoms with Gasteiger partial charge in [-0.3, -0.25) is 0 Å². The van der Waals surface area contributed by atoms with Crippen molar-refractivity contribution in [1.29, 1.82) is 0 Å². The van der Waals surface area contributed by atoms with Crippen LogP contribution >= 0.6 is 0 Å². The normalized spacial score (nSPS) is 15.5. The van der Waals surface area contributed by atoms with E-state index in [0.717, 1.165) is 40.0 Å². The molecule has 1 atom stereocenters. The first-order valence-corrected chi connectivity index (χ1v) is 14.3. The number of imidazole rings is 1. The monoisotopic (exact) mass is 549 g/mol. The van der Waals surface area contributed by atoms with E-state index in [1.165, 1.54) is 49.7 Å². The fourth-order valence-corrected chi connectivity index (χ4v) is 6.39. The summed E-state index contributed by atoms with van der Waals surface area (Å²) in [6.07, 6.45) is 12.9. The Labute approximate surface area is 259 Å². The van der Waals surface area contributed by atoms with Gasteiger partial charge in [-0.05, 0) is 53.6 Å². The molecule has 40 heavy (non-hydrogen) atoms. The van der Waals surface area contributed by atoms with Crippen LogP contribution in [0.5, 0.6) is 0 Å². The van der Waals surface area contributed by atoms with E-state index in [2.05, 4.69) is 46.2 Å². The summed E-state index contributed by atoms with van der Waals surface area (Å²) in [6.45, 7) is 8.35. The molecular formula is C32H40N5NaO2. The molecule has 1 fully saturated rings. The van der Waals surface area contributed by atoms with E-state index in [-0.39, 0.29) is 29.6 Å². The van der Waals surface area contributed by atoms with Gasteiger partial charge >= 0.3 is 29.6 Å². The maximum Gasteiger partial charge on any atom is 1.00 e. The van der Waals surface area contributed by atoms with Crippen LogP contribution in [0.1, 0.15) is 91.9 Å². The molecule has 5 rings (SSSR count). The number of hydrogen-bond acceptors (Lipinski definition) is 5. The third-order valence-corrected chi connectivity index (χ3v) is 8.93. The molecule has 0 aliphatic heterocycles. The number of hydrogen-bond donors (Lipinski definition) is 0. The summed E-state index contributed by atoms with van der Waals surface area (Å²) in [4.78, 5) is 17.2. The molecule has 2 aromatic carbocycles. The van der Waals surface area contributed by atoms with Crippen LogP contribution in [-0.4, -0.2) is 30.5 Å². The van der Waals surface area contributed by atoms with Crippen molar-refractivity contribution in [3.05, 3.63) is 76.4 Å². The van der Waals surface area contributed by atoms with E-state index >= 15 is 0 Å². The summed E-state index contributed by atoms with van der Waals surface area (Å²) in [5, 5.41) is 21.0. The van der Waals surface area contributed by atoms with Crippen LogP contribution in [0.2, 0.25) is 0 Å². The molecule has 0 N–H and O–H groups in total. The molecule has 0 spiro atoms. The fraction of sp³-hybridized carbons (Fsp3) is 0.500. The van der Waals surface area contributed by atoms with Crippen LogP contribution in [-0.2, 0) is 24.8 Å². The number of carboxylic acids is 1. The maximum absolute atomic E-state index is 12.5. The van der Waals surface area contributed by atoms with Crippen molar-refractivity contribution in [2.24, 2.45) is 18.4 Å². The average molecular weight is 550 g/mol. The smallest absolute Gasteiger partial charge is 0.550 e. The number of rotatable bonds is 8. The molecule has 0 bridgehead atoms. The van der Waals surface area contributed by atoms with Crippen LogP contribution in [0.15, 0.2) is 42.7 Å². The molecule has 0 amide bonds. The van der Waals surface area contributed by atoms with Crippen LogP contribution in [0, 0.1) is 25.2 Å². The topological polar surface area (TPSA) is 88.7 Å². The van der Waals surface area contributed by atoms with Crippen molar-refractivity contribution in [1.82, 2.24) is 24.5 Å². The molecule has 206 valence electrons. The molecule has 2 aromatic heterocycles. The zero-order chi connectivity index (χ0) is 27.7. The number of aryl methyl sites for hydroxylation is 3. The van der Waals surface area contributed by atoms with Crippen molar-refractivity contribution >= 4 is 17.0 Å². The summed E-state index contributed by atoms with van der Waals surface area (Å²) in [7, 11) is 1.86. The first-order chi connectivity index (χ1) is 18.7. The third kappa shape index (κ3) is 6.07. The summed E-state index contributed by atoms with van der Waals surface area (Å²) in [5.41, 5.74) is 5.76. The molecular weight excluding hydrogens is 509 g/mol. The summed E-state index contributed by atoms with van der Waals surface area (Å²) in [6, 6.07) is 10.4. The van der Waals surface area contributed by atoms with Crippen molar-refractivity contribution in [3.8, 4) is 0 Å². The van der Waals surface area contributed by atoms with Gasteiger partial charge in [-0.2, -0.15) is 0 Å². The molecule has 1 aliphatic carbocycles. The Morgan fingerprint density at radius 1 is 1.10 bits per heavy atom. The molecule has 8 heteroatoms. The van der Waals surface area contributed by atoms with Crippen LogP contribution in [0.4, 0.5) is 0 Å². The van der Waals surface area contributed by atoms with Gasteiger partial charge in [0.1, 0.15) is 11.3 Å². The minimum atomic E-state index is -1.15. The number of aromatic nitrogens is 5. The minimum Gasteiger partial charge on any atom is -0.550 e. The predicted octanol–water partition coefficient (Wildman–Crippen LogP) is 2.25. The van der Waals surface area contributed by atoms with Gasteiger partial charge in [-0.25, -0.2) is 9.67 Å². The molecule has 1 aliphatic rings. The standard InChI is InChI=1S/C32H41N5O2.Na/c1-21-12-13-24(19-25(21)20-37-17-16-33-28(37)18-23-10-8-6-7-9-11-23)29(32(3,4)31(38)39)26-14-15-27-30(22(26)2)34-35-36(27)5;/h12-17,19,23,29H,6-11,18,20H2,1-5H3,(H,38,39);/q;+1/p-1/t29-;/m0./s1. The summed E-state index contributed by atoms with van der Waals surface area (Å²) >= 11 is 0. The number of nitrogens with zero attached hydrogens (tertiary/aromatic N) is 5. The Kier molecular flexibility index (Phi) is 9.59. The SMILES string of the molecule is Cc1ccc([C@@H](c2ccc3c(nnn3C)c2C)C(C)(C)C(=O)[O-])cc1Cn1ccnc1CC1CCCCCC1.[Na+]. The fourth-order valence-electron chi connectivity index (χ4n) is 6.39. The zero-order valence-electron chi connectivity index (χ0n) is 24.9. The number of carboxylic acid groups (broad SMARTS) is 1. The molecule has 2 heterocycles. The van der Waals surface area contributed by atoms with Crippen molar-refractivity contribution in [3.63, 3.8) is 0 Å². The van der Waals surface area contributed by atoms with Gasteiger partial charge in [-0.15, -0.1) is 5.10 Å². The van der Waals surface area contributed by atoms with E-state index in [4.69, 9.17) is 4.98 Å². The number of benzene rings is 2. The Hall–Kier alpha value is -2.48. The first kappa shape index (κ1) is 30.5. The van der Waals surface area contributed by atoms with Crippen LogP contribution < -0.4 is 34.7 Å². The van der Waals surface area contributed by atoms with E-state index in [1.807, 2.05) is 32.3 Å². The van der Waals surface area contributed by atoms with Crippen molar-refractivity contribution < 1.29 is 39.5 Å². The van der Waals surface area contributed by atoms with Crippen LogP contribution in [0.3, 0.4) is 0 Å². The van der Waals surface area contributed by atoms with E-state index in [0.29, 0.717) is 12.5 Å². The second-order valence-electron chi connectivity index (χ2n) is 12.0. The Morgan fingerprint density at radius 2 is 1.82 bits per heavy atom. The Bertz CT molecular complexity index is 1480. The second kappa shape index (κ2) is 12.6. The number of carbonyl (C=O) groups excluding carboxylic acids is 1. The molecule has 1 saturated carbocycles. The molecule has 7 nitrogen and oxygen atoms in total. The van der Waals surface area contributed by atoms with Gasteiger partial charge in [0.05, 0.1) is 5.52 Å². The summed E-state index contributed by atoms with van der Waals surface area (Å²) in [5.74, 6) is 0.352. The van der Waals surface area contributed by atoms with Gasteiger partial charge in [0.2, 0.25) is 0 Å². The van der Waals surface area contributed by atoms with E-state index in [9.17, 15) is 9.90 Å². The number of carbonyl (C=O) groups is 1. The minimum absolute atomic E-state index is 0. The van der Waals surface area contributed by atoms with Crippen molar-refractivity contribution in [2.45, 2.75) is 85.1 Å². The van der Waals surface area contributed by atoms with Gasteiger partial charge in [0.25, 0.3) is 0 Å². The predicted molar refractivity (Wildman–Crippen MR) is 151 cm³/mol. The van der Waals surface area contributed by atoms with Gasteiger partial charge < -0.3 is 14.5 Å². The Morgan fingerprint density at radius 3 is 2.52 bits per heavy atom. The first-order valence-electron chi connectivity index (χ1n) is 14.3. The molecule has 0 unspecified atom stereocenters. The van der Waals surface area contributed by atoms with E-state index < -0.39 is 17.3 Å². The van der Waals surface area contributed by atoms with Gasteiger partial charge in [-0.1, -0.05) is 81.9 Å². The third-order valence-electron chi connectivity index (χ3n) is 8.93. The average Bonchev–Trinajstić information content (AvgIpc) is 3.40. The number of fused-ring (bicyclic) bond motifs is 1.